The minimum atomic E-state index is -0.348. The number of fused-ring (bicyclic) bond motifs is 1. The van der Waals surface area contributed by atoms with Crippen LogP contribution < -0.4 is 26.2 Å². The fourth-order valence-corrected chi connectivity index (χ4v) is 3.65. The van der Waals surface area contributed by atoms with Crippen LogP contribution in [0.3, 0.4) is 0 Å². The molecule has 4 aromatic rings. The Hall–Kier alpha value is -4.05. The van der Waals surface area contributed by atoms with Crippen molar-refractivity contribution in [2.45, 2.75) is 6.92 Å². The molecule has 0 atom stereocenters. The molecule has 0 saturated carbocycles. The Bertz CT molecular complexity index is 1360. The van der Waals surface area contributed by atoms with E-state index in [-0.39, 0.29) is 11.5 Å². The van der Waals surface area contributed by atoms with E-state index in [1.807, 2.05) is 31.2 Å². The zero-order valence-corrected chi connectivity index (χ0v) is 19.0. The van der Waals surface area contributed by atoms with Gasteiger partial charge in [-0.1, -0.05) is 6.07 Å². The number of anilines is 2. The average molecular weight is 450 g/mol. The summed E-state index contributed by atoms with van der Waals surface area (Å²) in [4.78, 5) is 22.3. The SMILES string of the molecule is CNc1cc(OCCOC)cc(-n2c(=O)n(-c3ccc(C)c(OC)c3)c3c(N)ncnc32)c1. The molecule has 0 aliphatic heterocycles. The van der Waals surface area contributed by atoms with Crippen LogP contribution >= 0.6 is 0 Å². The summed E-state index contributed by atoms with van der Waals surface area (Å²) in [6, 6.07) is 11.0. The maximum Gasteiger partial charge on any atom is 0.339 e. The predicted molar refractivity (Wildman–Crippen MR) is 127 cm³/mol. The number of methoxy groups -OCH3 is 2. The first kappa shape index (κ1) is 22.2. The summed E-state index contributed by atoms with van der Waals surface area (Å²) >= 11 is 0. The van der Waals surface area contributed by atoms with E-state index in [9.17, 15) is 4.79 Å². The standard InChI is InChI=1S/C23H26N6O4/c1-14-5-6-16(12-19(14)32-4)28-20-21(24)26-13-27-22(20)29(23(28)30)17-9-15(25-2)10-18(11-17)33-8-7-31-3/h5-6,9-13,25H,7-8H2,1-4H3,(H2,24,26,27). The molecule has 2 heterocycles. The highest BCUT2D eigenvalue weighted by Crippen LogP contribution is 2.29. The molecule has 172 valence electrons. The molecule has 0 unspecified atom stereocenters. The molecule has 10 heteroatoms. The molecule has 2 aromatic carbocycles. The third kappa shape index (κ3) is 4.08. The van der Waals surface area contributed by atoms with Gasteiger partial charge in [0.25, 0.3) is 0 Å². The van der Waals surface area contributed by atoms with Crippen LogP contribution in [0.2, 0.25) is 0 Å². The number of benzene rings is 2. The Balaban J connectivity index is 1.97. The average Bonchev–Trinajstić information content (AvgIpc) is 3.12. The zero-order valence-electron chi connectivity index (χ0n) is 19.0. The fraction of sp³-hybridized carbons (Fsp3) is 0.261. The minimum absolute atomic E-state index is 0.191. The number of nitrogens with zero attached hydrogens (tertiary/aromatic N) is 4. The Morgan fingerprint density at radius 2 is 1.85 bits per heavy atom. The molecule has 10 nitrogen and oxygen atoms in total. The van der Waals surface area contributed by atoms with E-state index in [0.717, 1.165) is 11.3 Å². The number of hydrogen-bond acceptors (Lipinski definition) is 8. The molecule has 0 fully saturated rings. The van der Waals surface area contributed by atoms with Crippen molar-refractivity contribution in [3.05, 3.63) is 58.8 Å². The third-order valence-corrected chi connectivity index (χ3v) is 5.29. The molecular weight excluding hydrogens is 424 g/mol. The molecule has 0 amide bonds. The number of nitrogens with two attached hydrogens (primary N) is 1. The summed E-state index contributed by atoms with van der Waals surface area (Å²) in [5.74, 6) is 1.43. The molecule has 0 radical (unpaired) electrons. The van der Waals surface area contributed by atoms with E-state index in [2.05, 4.69) is 15.3 Å². The van der Waals surface area contributed by atoms with Gasteiger partial charge in [0.15, 0.2) is 11.5 Å². The van der Waals surface area contributed by atoms with Crippen molar-refractivity contribution in [3.8, 4) is 22.9 Å². The molecule has 2 aromatic heterocycles. The summed E-state index contributed by atoms with van der Waals surface area (Å²) in [7, 11) is 4.99. The largest absolute Gasteiger partial charge is 0.496 e. The van der Waals surface area contributed by atoms with Crippen LogP contribution in [0.5, 0.6) is 11.5 Å². The van der Waals surface area contributed by atoms with E-state index in [1.54, 1.807) is 33.4 Å². The lowest BCUT2D eigenvalue weighted by molar-refractivity contribution is 0.146. The zero-order chi connectivity index (χ0) is 23.5. The topological polar surface area (TPSA) is 118 Å². The van der Waals surface area contributed by atoms with Crippen molar-refractivity contribution >= 4 is 22.7 Å². The van der Waals surface area contributed by atoms with Gasteiger partial charge < -0.3 is 25.3 Å². The van der Waals surface area contributed by atoms with Crippen LogP contribution in [0, 0.1) is 6.92 Å². The quantitative estimate of drug-likeness (QED) is 0.393. The molecule has 0 aliphatic carbocycles. The molecule has 4 rings (SSSR count). The molecule has 3 N–H and O–H groups in total. The highest BCUT2D eigenvalue weighted by Gasteiger charge is 2.21. The summed E-state index contributed by atoms with van der Waals surface area (Å²) < 4.78 is 19.3. The smallest absolute Gasteiger partial charge is 0.339 e. The molecule has 33 heavy (non-hydrogen) atoms. The first-order chi connectivity index (χ1) is 16.0. The lowest BCUT2D eigenvalue weighted by atomic mass is 10.2. The Morgan fingerprint density at radius 3 is 2.58 bits per heavy atom. The van der Waals surface area contributed by atoms with Gasteiger partial charge in [-0.2, -0.15) is 0 Å². The second-order valence-corrected chi connectivity index (χ2v) is 7.35. The van der Waals surface area contributed by atoms with Crippen LogP contribution in [0.1, 0.15) is 5.56 Å². The number of aryl methyl sites for hydroxylation is 1. The molecular formula is C23H26N6O4. The first-order valence-electron chi connectivity index (χ1n) is 10.3. The number of ether oxygens (including phenoxy) is 3. The summed E-state index contributed by atoms with van der Waals surface area (Å²) in [5.41, 5.74) is 9.53. The number of imidazole rings is 1. The van der Waals surface area contributed by atoms with Crippen LogP contribution in [-0.2, 0) is 4.74 Å². The van der Waals surface area contributed by atoms with Crippen molar-refractivity contribution in [1.29, 1.82) is 0 Å². The second-order valence-electron chi connectivity index (χ2n) is 7.35. The highest BCUT2D eigenvalue weighted by molar-refractivity contribution is 5.85. The van der Waals surface area contributed by atoms with Gasteiger partial charge >= 0.3 is 5.69 Å². The van der Waals surface area contributed by atoms with Gasteiger partial charge in [-0.3, -0.25) is 4.57 Å². The van der Waals surface area contributed by atoms with Crippen LogP contribution in [-0.4, -0.2) is 53.6 Å². The van der Waals surface area contributed by atoms with Crippen molar-refractivity contribution in [1.82, 2.24) is 19.1 Å². The van der Waals surface area contributed by atoms with E-state index in [0.29, 0.717) is 47.3 Å². The lowest BCUT2D eigenvalue weighted by Gasteiger charge is -2.11. The second kappa shape index (κ2) is 9.21. The molecule has 0 aliphatic rings. The van der Waals surface area contributed by atoms with Gasteiger partial charge in [0.05, 0.1) is 25.1 Å². The van der Waals surface area contributed by atoms with E-state index < -0.39 is 0 Å². The van der Waals surface area contributed by atoms with E-state index in [1.165, 1.54) is 15.5 Å². The lowest BCUT2D eigenvalue weighted by Crippen LogP contribution is -2.22. The van der Waals surface area contributed by atoms with E-state index in [4.69, 9.17) is 19.9 Å². The normalized spacial score (nSPS) is 11.0. The molecule has 0 spiro atoms. The van der Waals surface area contributed by atoms with Gasteiger partial charge in [-0.15, -0.1) is 0 Å². The van der Waals surface area contributed by atoms with Crippen LogP contribution in [0.4, 0.5) is 11.5 Å². The van der Waals surface area contributed by atoms with Crippen LogP contribution in [0.25, 0.3) is 22.5 Å². The third-order valence-electron chi connectivity index (χ3n) is 5.29. The van der Waals surface area contributed by atoms with Gasteiger partial charge in [-0.05, 0) is 24.6 Å². The highest BCUT2D eigenvalue weighted by atomic mass is 16.5. The van der Waals surface area contributed by atoms with Crippen LogP contribution in [0.15, 0.2) is 47.5 Å². The summed E-state index contributed by atoms with van der Waals surface area (Å²) in [6.07, 6.45) is 1.34. The number of nitrogens with one attached hydrogen (secondary N) is 1. The predicted octanol–water partition coefficient (Wildman–Crippen LogP) is 2.54. The monoisotopic (exact) mass is 450 g/mol. The summed E-state index contributed by atoms with van der Waals surface area (Å²) in [5, 5.41) is 3.10. The molecule has 0 saturated heterocycles. The van der Waals surface area contributed by atoms with Crippen molar-refractivity contribution < 1.29 is 14.2 Å². The maximum atomic E-state index is 13.8. The van der Waals surface area contributed by atoms with Gasteiger partial charge in [-0.25, -0.2) is 19.3 Å². The van der Waals surface area contributed by atoms with Crippen molar-refractivity contribution in [2.75, 3.05) is 45.5 Å². The Morgan fingerprint density at radius 1 is 1.03 bits per heavy atom. The van der Waals surface area contributed by atoms with Crippen molar-refractivity contribution in [3.63, 3.8) is 0 Å². The fourth-order valence-electron chi connectivity index (χ4n) is 3.65. The van der Waals surface area contributed by atoms with E-state index >= 15 is 0 Å². The Kier molecular flexibility index (Phi) is 6.18. The maximum absolute atomic E-state index is 13.8. The number of nitrogen functional groups attached to an aromatic ring is 1. The Labute approximate surface area is 190 Å². The minimum Gasteiger partial charge on any atom is -0.496 e. The van der Waals surface area contributed by atoms with Gasteiger partial charge in [0.1, 0.15) is 29.9 Å². The number of hydrogen-bond donors (Lipinski definition) is 2. The first-order valence-corrected chi connectivity index (χ1v) is 10.3. The summed E-state index contributed by atoms with van der Waals surface area (Å²) in [6.45, 7) is 2.75. The molecule has 0 bridgehead atoms. The van der Waals surface area contributed by atoms with Gasteiger partial charge in [0, 0.05) is 38.0 Å². The number of rotatable bonds is 8. The van der Waals surface area contributed by atoms with Crippen molar-refractivity contribution in [2.24, 2.45) is 0 Å². The van der Waals surface area contributed by atoms with Gasteiger partial charge in [0.2, 0.25) is 0 Å². The number of aromatic nitrogens is 4.